The largest absolute Gasteiger partial charge is 0.314 e. The van der Waals surface area contributed by atoms with Crippen LogP contribution < -0.4 is 4.80 Å². The van der Waals surface area contributed by atoms with Crippen molar-refractivity contribution in [1.29, 1.82) is 0 Å². The van der Waals surface area contributed by atoms with E-state index in [0.717, 1.165) is 16.9 Å². The first-order chi connectivity index (χ1) is 12.5. The summed E-state index contributed by atoms with van der Waals surface area (Å²) in [4.78, 5) is 10.1. The number of hydrogen-bond donors (Lipinski definition) is 0. The number of benzene rings is 1. The third kappa shape index (κ3) is 4.50. The molecule has 3 rings (SSSR count). The van der Waals surface area contributed by atoms with Crippen molar-refractivity contribution in [3.63, 3.8) is 0 Å². The van der Waals surface area contributed by atoms with E-state index in [1.807, 2.05) is 18.3 Å². The highest BCUT2D eigenvalue weighted by atomic mass is 32.1. The van der Waals surface area contributed by atoms with E-state index in [-0.39, 0.29) is 0 Å². The zero-order valence-corrected chi connectivity index (χ0v) is 16.8. The van der Waals surface area contributed by atoms with Crippen LogP contribution >= 0.6 is 11.3 Å². The Morgan fingerprint density at radius 1 is 1.08 bits per heavy atom. The molecule has 0 saturated carbocycles. The van der Waals surface area contributed by atoms with Gasteiger partial charge in [-0.05, 0) is 50.3 Å². The van der Waals surface area contributed by atoms with Crippen LogP contribution in [-0.2, 0) is 0 Å². The van der Waals surface area contributed by atoms with Gasteiger partial charge in [-0.2, -0.15) is 0 Å². The van der Waals surface area contributed by atoms with Crippen LogP contribution in [0.25, 0.3) is 11.3 Å². The highest BCUT2D eigenvalue weighted by Crippen LogP contribution is 2.27. The molecule has 1 unspecified atom stereocenters. The van der Waals surface area contributed by atoms with Gasteiger partial charge in [0.2, 0.25) is 0 Å². The Morgan fingerprint density at radius 2 is 1.85 bits per heavy atom. The second-order valence-electron chi connectivity index (χ2n) is 7.28. The summed E-state index contributed by atoms with van der Waals surface area (Å²) in [5.41, 5.74) is 4.67. The summed E-state index contributed by atoms with van der Waals surface area (Å²) in [7, 11) is 0. The van der Waals surface area contributed by atoms with Gasteiger partial charge in [0.25, 0.3) is 0 Å². The number of nitrogens with zero attached hydrogens (tertiary/aromatic N) is 3. The molecule has 3 aromatic rings. The summed E-state index contributed by atoms with van der Waals surface area (Å²) in [5, 5.41) is 2.23. The molecule has 4 heteroatoms. The zero-order chi connectivity index (χ0) is 18.5. The van der Waals surface area contributed by atoms with E-state index in [4.69, 9.17) is 4.99 Å². The molecule has 0 aliphatic carbocycles. The normalized spacial score (nSPS) is 13.3. The lowest BCUT2D eigenvalue weighted by molar-refractivity contribution is 0.436. The van der Waals surface area contributed by atoms with Crippen LogP contribution in [0.1, 0.15) is 45.2 Å². The van der Waals surface area contributed by atoms with E-state index in [1.165, 1.54) is 23.2 Å². The Bertz CT molecular complexity index is 889. The van der Waals surface area contributed by atoms with Gasteiger partial charge in [0.05, 0.1) is 17.6 Å². The van der Waals surface area contributed by atoms with Gasteiger partial charge in [-0.25, -0.2) is 4.99 Å². The number of thiazole rings is 1. The molecule has 0 fully saturated rings. The lowest BCUT2D eigenvalue weighted by atomic mass is 10.0. The molecule has 26 heavy (non-hydrogen) atoms. The SMILES string of the molecule is Cc1ccc(-c2csc(=Nc3cccnc3)n2C(C)CCC(C)C)cc1. The summed E-state index contributed by atoms with van der Waals surface area (Å²) in [6, 6.07) is 13.1. The van der Waals surface area contributed by atoms with Crippen LogP contribution in [0, 0.1) is 12.8 Å². The molecule has 0 radical (unpaired) electrons. The fraction of sp³-hybridized carbons (Fsp3) is 0.364. The summed E-state index contributed by atoms with van der Waals surface area (Å²) in [6.45, 7) is 8.99. The number of hydrogen-bond acceptors (Lipinski definition) is 3. The highest BCUT2D eigenvalue weighted by molar-refractivity contribution is 7.07. The van der Waals surface area contributed by atoms with Crippen molar-refractivity contribution in [2.75, 3.05) is 0 Å². The van der Waals surface area contributed by atoms with Crippen molar-refractivity contribution in [3.8, 4) is 11.3 Å². The molecule has 0 aliphatic heterocycles. The maximum atomic E-state index is 4.87. The first-order valence-corrected chi connectivity index (χ1v) is 10.1. The first-order valence-electron chi connectivity index (χ1n) is 9.26. The Morgan fingerprint density at radius 3 is 2.50 bits per heavy atom. The second-order valence-corrected chi connectivity index (χ2v) is 8.12. The molecule has 3 nitrogen and oxygen atoms in total. The van der Waals surface area contributed by atoms with Crippen molar-refractivity contribution in [2.45, 2.75) is 46.6 Å². The van der Waals surface area contributed by atoms with Gasteiger partial charge in [-0.1, -0.05) is 43.7 Å². The molecule has 0 saturated heterocycles. The molecule has 1 aromatic carbocycles. The molecule has 0 amide bonds. The number of aryl methyl sites for hydroxylation is 1. The van der Waals surface area contributed by atoms with Crippen LogP contribution in [-0.4, -0.2) is 9.55 Å². The fourth-order valence-electron chi connectivity index (χ4n) is 3.00. The van der Waals surface area contributed by atoms with E-state index in [1.54, 1.807) is 17.5 Å². The van der Waals surface area contributed by atoms with Crippen molar-refractivity contribution in [2.24, 2.45) is 10.9 Å². The van der Waals surface area contributed by atoms with E-state index in [2.05, 4.69) is 66.9 Å². The maximum absolute atomic E-state index is 4.87. The van der Waals surface area contributed by atoms with Crippen molar-refractivity contribution in [1.82, 2.24) is 9.55 Å². The molecule has 2 heterocycles. The summed E-state index contributed by atoms with van der Waals surface area (Å²) in [5.74, 6) is 0.707. The zero-order valence-electron chi connectivity index (χ0n) is 16.0. The molecule has 2 aromatic heterocycles. The van der Waals surface area contributed by atoms with Crippen molar-refractivity contribution < 1.29 is 0 Å². The van der Waals surface area contributed by atoms with Crippen LogP contribution in [0.5, 0.6) is 0 Å². The quantitative estimate of drug-likeness (QED) is 0.515. The van der Waals surface area contributed by atoms with Gasteiger partial charge in [0, 0.05) is 17.6 Å². The minimum Gasteiger partial charge on any atom is -0.314 e. The van der Waals surface area contributed by atoms with Gasteiger partial charge >= 0.3 is 0 Å². The standard InChI is InChI=1S/C22H27N3S/c1-16(2)7-10-18(4)25-21(19-11-8-17(3)9-12-19)15-26-22(25)24-20-6-5-13-23-14-20/h5-6,8-9,11-16,18H,7,10H2,1-4H3. The third-order valence-corrected chi connectivity index (χ3v) is 5.40. The summed E-state index contributed by atoms with van der Waals surface area (Å²) >= 11 is 1.70. The number of aromatic nitrogens is 2. The molecule has 0 N–H and O–H groups in total. The molecule has 0 spiro atoms. The van der Waals surface area contributed by atoms with E-state index in [0.29, 0.717) is 12.0 Å². The van der Waals surface area contributed by atoms with Gasteiger partial charge in [0.15, 0.2) is 4.80 Å². The maximum Gasteiger partial charge on any atom is 0.190 e. The second kappa shape index (κ2) is 8.45. The molecular weight excluding hydrogens is 338 g/mol. The molecule has 1 atom stereocenters. The number of rotatable bonds is 6. The lowest BCUT2D eigenvalue weighted by Gasteiger charge is -2.18. The first kappa shape index (κ1) is 18.6. The minimum absolute atomic E-state index is 0.398. The minimum atomic E-state index is 0.398. The van der Waals surface area contributed by atoms with Crippen molar-refractivity contribution >= 4 is 17.0 Å². The summed E-state index contributed by atoms with van der Waals surface area (Å²) < 4.78 is 2.39. The molecular formula is C22H27N3S. The Labute approximate surface area is 160 Å². The summed E-state index contributed by atoms with van der Waals surface area (Å²) in [6.07, 6.45) is 5.95. The van der Waals surface area contributed by atoms with Crippen molar-refractivity contribution in [3.05, 3.63) is 64.5 Å². The Kier molecular flexibility index (Phi) is 6.04. The lowest BCUT2D eigenvalue weighted by Crippen LogP contribution is -2.20. The third-order valence-electron chi connectivity index (χ3n) is 4.56. The number of pyridine rings is 1. The molecule has 136 valence electrons. The van der Waals surface area contributed by atoms with Gasteiger partial charge in [0.1, 0.15) is 0 Å². The van der Waals surface area contributed by atoms with Gasteiger partial charge < -0.3 is 4.57 Å². The van der Waals surface area contributed by atoms with Crippen LogP contribution in [0.15, 0.2) is 59.2 Å². The Balaban J connectivity index is 2.07. The molecule has 0 bridgehead atoms. The van der Waals surface area contributed by atoms with E-state index < -0.39 is 0 Å². The monoisotopic (exact) mass is 365 g/mol. The molecule has 0 aliphatic rings. The topological polar surface area (TPSA) is 30.2 Å². The average molecular weight is 366 g/mol. The predicted octanol–water partition coefficient (Wildman–Crippen LogP) is 6.15. The predicted molar refractivity (Wildman–Crippen MR) is 111 cm³/mol. The van der Waals surface area contributed by atoms with Gasteiger partial charge in [-0.3, -0.25) is 4.98 Å². The Hall–Kier alpha value is -2.20. The fourth-order valence-corrected chi connectivity index (χ4v) is 4.01. The highest BCUT2D eigenvalue weighted by Gasteiger charge is 2.14. The van der Waals surface area contributed by atoms with Crippen LogP contribution in [0.3, 0.4) is 0 Å². The smallest absolute Gasteiger partial charge is 0.190 e. The average Bonchev–Trinajstić information content (AvgIpc) is 3.04. The van der Waals surface area contributed by atoms with E-state index >= 15 is 0 Å². The van der Waals surface area contributed by atoms with Gasteiger partial charge in [-0.15, -0.1) is 11.3 Å². The van der Waals surface area contributed by atoms with E-state index in [9.17, 15) is 0 Å². The van der Waals surface area contributed by atoms with Crippen LogP contribution in [0.2, 0.25) is 0 Å². The van der Waals surface area contributed by atoms with Crippen LogP contribution in [0.4, 0.5) is 5.69 Å².